The Morgan fingerprint density at radius 1 is 0.846 bits per heavy atom. The van der Waals surface area contributed by atoms with Gasteiger partial charge in [0.1, 0.15) is 0 Å². The van der Waals surface area contributed by atoms with Gasteiger partial charge in [-0.05, 0) is 29.8 Å². The number of hydrogen-bond acceptors (Lipinski definition) is 4. The highest BCUT2D eigenvalue weighted by Crippen LogP contribution is 2.33. The zero-order chi connectivity index (χ0) is 19.4. The minimum absolute atomic E-state index is 0.364. The average molecular weight is 366 g/mol. The molecule has 0 saturated heterocycles. The number of halogens is 4. The van der Waals surface area contributed by atoms with Crippen molar-refractivity contribution in [1.29, 1.82) is 0 Å². The second kappa shape index (κ2) is 7.64. The third-order valence-corrected chi connectivity index (χ3v) is 3.10. The molecule has 0 radical (unpaired) electrons. The van der Waals surface area contributed by atoms with Crippen LogP contribution in [0, 0.1) is 23.3 Å². The van der Waals surface area contributed by atoms with E-state index in [2.05, 4.69) is 22.6 Å². The van der Waals surface area contributed by atoms with Gasteiger partial charge in [0.25, 0.3) is 0 Å². The van der Waals surface area contributed by atoms with E-state index in [0.717, 1.165) is 18.2 Å². The predicted molar refractivity (Wildman–Crippen MR) is 83.4 cm³/mol. The van der Waals surface area contributed by atoms with Crippen LogP contribution in [0.15, 0.2) is 49.6 Å². The molecule has 2 rings (SSSR count). The molecule has 0 heterocycles. The summed E-state index contributed by atoms with van der Waals surface area (Å²) >= 11 is 0. The van der Waals surface area contributed by atoms with Gasteiger partial charge in [-0.2, -0.15) is 4.39 Å². The maximum Gasteiger partial charge on any atom is 0.335 e. The Morgan fingerprint density at radius 3 is 1.92 bits per heavy atom. The van der Waals surface area contributed by atoms with E-state index in [1.807, 2.05) is 0 Å². The monoisotopic (exact) mass is 366 g/mol. The zero-order valence-electron chi connectivity index (χ0n) is 13.0. The predicted octanol–water partition coefficient (Wildman–Crippen LogP) is 4.09. The van der Waals surface area contributed by atoms with E-state index in [4.69, 9.17) is 0 Å². The Hall–Kier alpha value is -3.42. The van der Waals surface area contributed by atoms with E-state index in [9.17, 15) is 27.2 Å². The minimum Gasteiger partial charge on any atom is -0.420 e. The van der Waals surface area contributed by atoms with E-state index in [1.54, 1.807) is 0 Å². The van der Waals surface area contributed by atoms with Crippen LogP contribution >= 0.6 is 0 Å². The van der Waals surface area contributed by atoms with Crippen LogP contribution in [0.5, 0.6) is 11.5 Å². The summed E-state index contributed by atoms with van der Waals surface area (Å²) in [6, 6.07) is 3.19. The summed E-state index contributed by atoms with van der Waals surface area (Å²) in [6.07, 6.45) is 1.45. The van der Waals surface area contributed by atoms with Crippen LogP contribution in [0.1, 0.15) is 0 Å². The molecule has 0 aromatic heterocycles. The first-order valence-electron chi connectivity index (χ1n) is 6.94. The van der Waals surface area contributed by atoms with Crippen molar-refractivity contribution in [3.8, 4) is 22.6 Å². The van der Waals surface area contributed by atoms with Crippen LogP contribution in [0.4, 0.5) is 17.6 Å². The standard InChI is InChI=1S/C18H10F4O4/c1-3-14(23)25-13-6-5-10(16(21)17(13)22)9-7-11(19)18(12(20)8-9)26-15(24)4-2/h3-8H,1-2H2. The molecular formula is C18H10F4O4. The normalized spacial score (nSPS) is 10.2. The SMILES string of the molecule is C=CC(=O)Oc1ccc(-c2cc(F)c(OC(=O)C=C)c(F)c2)c(F)c1F. The maximum atomic E-state index is 14.2. The van der Waals surface area contributed by atoms with Crippen molar-refractivity contribution in [3.63, 3.8) is 0 Å². The summed E-state index contributed by atoms with van der Waals surface area (Å²) in [6.45, 7) is 6.20. The fraction of sp³-hybridized carbons (Fsp3) is 0. The molecule has 0 fully saturated rings. The second-order valence-electron chi connectivity index (χ2n) is 4.76. The van der Waals surface area contributed by atoms with E-state index in [0.29, 0.717) is 18.2 Å². The van der Waals surface area contributed by atoms with Gasteiger partial charge >= 0.3 is 11.9 Å². The fourth-order valence-corrected chi connectivity index (χ4v) is 1.94. The molecule has 26 heavy (non-hydrogen) atoms. The molecule has 0 aliphatic carbocycles. The number of benzene rings is 2. The molecule has 0 bridgehead atoms. The van der Waals surface area contributed by atoms with Crippen molar-refractivity contribution < 1.29 is 36.6 Å². The first-order chi connectivity index (χ1) is 12.3. The van der Waals surface area contributed by atoms with Gasteiger partial charge in [-0.25, -0.2) is 22.8 Å². The molecule has 2 aromatic carbocycles. The van der Waals surface area contributed by atoms with Gasteiger partial charge in [-0.1, -0.05) is 13.2 Å². The number of hydrogen-bond donors (Lipinski definition) is 0. The Morgan fingerprint density at radius 2 is 1.38 bits per heavy atom. The van der Waals surface area contributed by atoms with Crippen LogP contribution in [-0.2, 0) is 9.59 Å². The summed E-state index contributed by atoms with van der Waals surface area (Å²) in [7, 11) is 0. The Labute approximate surface area is 145 Å². The average Bonchev–Trinajstić information content (AvgIpc) is 2.61. The molecule has 4 nitrogen and oxygen atoms in total. The smallest absolute Gasteiger partial charge is 0.335 e. The molecule has 0 atom stereocenters. The highest BCUT2D eigenvalue weighted by atomic mass is 19.2. The highest BCUT2D eigenvalue weighted by molar-refractivity contribution is 5.84. The lowest BCUT2D eigenvalue weighted by atomic mass is 10.0. The van der Waals surface area contributed by atoms with Gasteiger partial charge in [0.05, 0.1) is 0 Å². The summed E-state index contributed by atoms with van der Waals surface area (Å²) in [5.74, 6) is -9.46. The van der Waals surface area contributed by atoms with Crippen LogP contribution < -0.4 is 9.47 Å². The van der Waals surface area contributed by atoms with Gasteiger partial charge in [-0.3, -0.25) is 0 Å². The third kappa shape index (κ3) is 3.80. The molecular weight excluding hydrogens is 356 g/mol. The zero-order valence-corrected chi connectivity index (χ0v) is 13.0. The minimum atomic E-state index is -1.53. The molecule has 8 heteroatoms. The summed E-state index contributed by atoms with van der Waals surface area (Å²) in [4.78, 5) is 22.1. The number of rotatable bonds is 5. The van der Waals surface area contributed by atoms with Crippen LogP contribution in [0.25, 0.3) is 11.1 Å². The summed E-state index contributed by atoms with van der Waals surface area (Å²) < 4.78 is 65.0. The van der Waals surface area contributed by atoms with E-state index >= 15 is 0 Å². The van der Waals surface area contributed by atoms with Crippen LogP contribution in [0.2, 0.25) is 0 Å². The van der Waals surface area contributed by atoms with Crippen molar-refractivity contribution in [3.05, 3.63) is 72.8 Å². The Kier molecular flexibility index (Phi) is 5.56. The van der Waals surface area contributed by atoms with Crippen LogP contribution in [-0.4, -0.2) is 11.9 Å². The summed E-state index contributed by atoms with van der Waals surface area (Å²) in [5.41, 5.74) is -0.864. The second-order valence-corrected chi connectivity index (χ2v) is 4.76. The third-order valence-electron chi connectivity index (χ3n) is 3.10. The highest BCUT2D eigenvalue weighted by Gasteiger charge is 2.21. The van der Waals surface area contributed by atoms with Crippen molar-refractivity contribution in [2.75, 3.05) is 0 Å². The summed E-state index contributed by atoms with van der Waals surface area (Å²) in [5, 5.41) is 0. The number of carbonyl (C=O) groups excluding carboxylic acids is 2. The maximum absolute atomic E-state index is 14.2. The lowest BCUT2D eigenvalue weighted by molar-refractivity contribution is -0.130. The van der Waals surface area contributed by atoms with Gasteiger partial charge in [0.2, 0.25) is 11.6 Å². The lowest BCUT2D eigenvalue weighted by Crippen LogP contribution is -2.07. The van der Waals surface area contributed by atoms with Crippen molar-refractivity contribution in [1.82, 2.24) is 0 Å². The molecule has 134 valence electrons. The largest absolute Gasteiger partial charge is 0.420 e. The molecule has 0 unspecified atom stereocenters. The molecule has 0 amide bonds. The van der Waals surface area contributed by atoms with Gasteiger partial charge < -0.3 is 9.47 Å². The molecule has 0 aliphatic rings. The van der Waals surface area contributed by atoms with E-state index in [-0.39, 0.29) is 5.56 Å². The number of carbonyl (C=O) groups is 2. The quantitative estimate of drug-likeness (QED) is 0.346. The van der Waals surface area contributed by atoms with Crippen LogP contribution in [0.3, 0.4) is 0 Å². The number of esters is 2. The van der Waals surface area contributed by atoms with Crippen molar-refractivity contribution in [2.24, 2.45) is 0 Å². The van der Waals surface area contributed by atoms with Crippen molar-refractivity contribution in [2.45, 2.75) is 0 Å². The lowest BCUT2D eigenvalue weighted by Gasteiger charge is -2.10. The first-order valence-corrected chi connectivity index (χ1v) is 6.94. The molecule has 0 spiro atoms. The molecule has 0 saturated carbocycles. The van der Waals surface area contributed by atoms with Gasteiger partial charge in [0.15, 0.2) is 23.2 Å². The first kappa shape index (κ1) is 18.9. The van der Waals surface area contributed by atoms with Crippen molar-refractivity contribution >= 4 is 11.9 Å². The molecule has 2 aromatic rings. The fourth-order valence-electron chi connectivity index (χ4n) is 1.94. The molecule has 0 N–H and O–H groups in total. The topological polar surface area (TPSA) is 52.6 Å². The van der Waals surface area contributed by atoms with E-state index < -0.39 is 52.3 Å². The van der Waals surface area contributed by atoms with E-state index in [1.165, 1.54) is 0 Å². The Bertz CT molecular complexity index is 899. The molecule has 0 aliphatic heterocycles. The van der Waals surface area contributed by atoms with Gasteiger partial charge in [0, 0.05) is 17.7 Å². The number of ether oxygens (including phenoxy) is 2. The Balaban J connectivity index is 2.47. The van der Waals surface area contributed by atoms with Gasteiger partial charge in [-0.15, -0.1) is 0 Å².